The number of nitrogens with zero attached hydrogens (tertiary/aromatic N) is 2. The number of aryl methyl sites for hydroxylation is 1. The number of amides is 1. The number of hydrogen-bond acceptors (Lipinski definition) is 2. The molecular formula is C12H20N2O2. The van der Waals surface area contributed by atoms with Crippen molar-refractivity contribution < 1.29 is 9.90 Å². The zero-order valence-electron chi connectivity index (χ0n) is 10.2. The van der Waals surface area contributed by atoms with E-state index in [1.807, 2.05) is 30.0 Å². The van der Waals surface area contributed by atoms with Crippen molar-refractivity contribution in [3.8, 4) is 0 Å². The van der Waals surface area contributed by atoms with Crippen LogP contribution in [0.15, 0.2) is 18.5 Å². The van der Waals surface area contributed by atoms with Gasteiger partial charge in [0.1, 0.15) is 0 Å². The van der Waals surface area contributed by atoms with E-state index in [-0.39, 0.29) is 5.91 Å². The second kappa shape index (κ2) is 5.70. The molecule has 0 saturated heterocycles. The molecule has 1 amide bonds. The number of rotatable bonds is 5. The normalized spacial score (nSPS) is 12.5. The van der Waals surface area contributed by atoms with Gasteiger partial charge in [-0.3, -0.25) is 4.79 Å². The molecule has 1 heterocycles. The van der Waals surface area contributed by atoms with Gasteiger partial charge in [-0.15, -0.1) is 0 Å². The van der Waals surface area contributed by atoms with Gasteiger partial charge in [-0.1, -0.05) is 6.92 Å². The molecule has 1 aromatic heterocycles. The molecule has 0 aliphatic heterocycles. The minimum Gasteiger partial charge on any atom is -0.388 e. The van der Waals surface area contributed by atoms with Crippen molar-refractivity contribution in [2.75, 3.05) is 14.1 Å². The molecule has 16 heavy (non-hydrogen) atoms. The number of aromatic nitrogens is 1. The molecule has 0 saturated carbocycles. The Morgan fingerprint density at radius 3 is 2.81 bits per heavy atom. The van der Waals surface area contributed by atoms with Crippen molar-refractivity contribution >= 4 is 5.91 Å². The zero-order chi connectivity index (χ0) is 12.1. The number of carbonyl (C=O) groups excluding carboxylic acids is 1. The Hall–Kier alpha value is -1.29. The van der Waals surface area contributed by atoms with E-state index in [1.54, 1.807) is 19.0 Å². The molecule has 0 aromatic carbocycles. The van der Waals surface area contributed by atoms with Gasteiger partial charge in [-0.05, 0) is 18.1 Å². The van der Waals surface area contributed by atoms with E-state index in [2.05, 4.69) is 0 Å². The van der Waals surface area contributed by atoms with Gasteiger partial charge in [0, 0.05) is 39.5 Å². The summed E-state index contributed by atoms with van der Waals surface area (Å²) in [5.74, 6) is 0.117. The standard InChI is InChI=1S/C12H20N2O2/c1-4-11(15)10-5-7-14(9-10)8-6-12(16)13(2)3/h5,7,9,11,15H,4,6,8H2,1-3H3. The summed E-state index contributed by atoms with van der Waals surface area (Å²) < 4.78 is 1.94. The molecule has 1 aromatic rings. The van der Waals surface area contributed by atoms with Crippen molar-refractivity contribution in [1.29, 1.82) is 0 Å². The first-order valence-corrected chi connectivity index (χ1v) is 5.58. The first-order chi connectivity index (χ1) is 7.54. The summed E-state index contributed by atoms with van der Waals surface area (Å²) in [6.45, 7) is 2.60. The average Bonchev–Trinajstić information content (AvgIpc) is 2.73. The second-order valence-corrected chi connectivity index (χ2v) is 4.14. The van der Waals surface area contributed by atoms with Gasteiger partial charge in [-0.25, -0.2) is 0 Å². The van der Waals surface area contributed by atoms with Gasteiger partial charge in [-0.2, -0.15) is 0 Å². The maximum absolute atomic E-state index is 11.4. The molecule has 0 spiro atoms. The van der Waals surface area contributed by atoms with Crippen LogP contribution in [0.5, 0.6) is 0 Å². The summed E-state index contributed by atoms with van der Waals surface area (Å²) in [6.07, 6.45) is 4.60. The third-order valence-corrected chi connectivity index (χ3v) is 2.63. The van der Waals surface area contributed by atoms with Crippen LogP contribution in [0.3, 0.4) is 0 Å². The van der Waals surface area contributed by atoms with Crippen molar-refractivity contribution in [1.82, 2.24) is 9.47 Å². The van der Waals surface area contributed by atoms with Crippen LogP contribution in [0.4, 0.5) is 0 Å². The van der Waals surface area contributed by atoms with Gasteiger partial charge >= 0.3 is 0 Å². The molecular weight excluding hydrogens is 204 g/mol. The number of aliphatic hydroxyl groups is 1. The van der Waals surface area contributed by atoms with Crippen molar-refractivity contribution in [2.24, 2.45) is 0 Å². The van der Waals surface area contributed by atoms with E-state index in [4.69, 9.17) is 0 Å². The lowest BCUT2D eigenvalue weighted by Crippen LogP contribution is -2.22. The lowest BCUT2D eigenvalue weighted by Gasteiger charge is -2.10. The van der Waals surface area contributed by atoms with Crippen molar-refractivity contribution in [3.63, 3.8) is 0 Å². The maximum atomic E-state index is 11.4. The van der Waals surface area contributed by atoms with Crippen LogP contribution >= 0.6 is 0 Å². The van der Waals surface area contributed by atoms with Crippen LogP contribution in [0, 0.1) is 0 Å². The Morgan fingerprint density at radius 1 is 1.56 bits per heavy atom. The fraction of sp³-hybridized carbons (Fsp3) is 0.583. The summed E-state index contributed by atoms with van der Waals surface area (Å²) in [5.41, 5.74) is 0.916. The molecule has 0 radical (unpaired) electrons. The Balaban J connectivity index is 2.49. The van der Waals surface area contributed by atoms with Gasteiger partial charge in [0.2, 0.25) is 5.91 Å². The molecule has 0 aliphatic rings. The van der Waals surface area contributed by atoms with Crippen LogP contribution < -0.4 is 0 Å². The first kappa shape index (κ1) is 12.8. The molecule has 90 valence electrons. The predicted molar refractivity (Wildman–Crippen MR) is 63.0 cm³/mol. The lowest BCUT2D eigenvalue weighted by molar-refractivity contribution is -0.128. The van der Waals surface area contributed by atoms with Crippen LogP contribution in [-0.4, -0.2) is 34.6 Å². The summed E-state index contributed by atoms with van der Waals surface area (Å²) in [4.78, 5) is 13.0. The van der Waals surface area contributed by atoms with Gasteiger partial charge < -0.3 is 14.6 Å². The summed E-state index contributed by atoms with van der Waals surface area (Å²) in [7, 11) is 3.51. The molecule has 1 atom stereocenters. The van der Waals surface area contributed by atoms with E-state index in [0.717, 1.165) is 5.56 Å². The van der Waals surface area contributed by atoms with Crippen LogP contribution in [0.2, 0.25) is 0 Å². The molecule has 1 rings (SSSR count). The summed E-state index contributed by atoms with van der Waals surface area (Å²) >= 11 is 0. The van der Waals surface area contributed by atoms with Gasteiger partial charge in [0.15, 0.2) is 0 Å². The third-order valence-electron chi connectivity index (χ3n) is 2.63. The highest BCUT2D eigenvalue weighted by molar-refractivity contribution is 5.75. The average molecular weight is 224 g/mol. The molecule has 4 heteroatoms. The topological polar surface area (TPSA) is 45.5 Å². The quantitative estimate of drug-likeness (QED) is 0.822. The Labute approximate surface area is 96.5 Å². The van der Waals surface area contributed by atoms with Crippen LogP contribution in [-0.2, 0) is 11.3 Å². The largest absolute Gasteiger partial charge is 0.388 e. The molecule has 0 aliphatic carbocycles. The van der Waals surface area contributed by atoms with E-state index in [1.165, 1.54) is 0 Å². The summed E-state index contributed by atoms with van der Waals surface area (Å²) in [6, 6.07) is 1.90. The smallest absolute Gasteiger partial charge is 0.223 e. The van der Waals surface area contributed by atoms with E-state index in [9.17, 15) is 9.90 Å². The maximum Gasteiger partial charge on any atom is 0.223 e. The van der Waals surface area contributed by atoms with E-state index >= 15 is 0 Å². The highest BCUT2D eigenvalue weighted by Gasteiger charge is 2.07. The number of aliphatic hydroxyl groups excluding tert-OH is 1. The van der Waals surface area contributed by atoms with Crippen molar-refractivity contribution in [3.05, 3.63) is 24.0 Å². The second-order valence-electron chi connectivity index (χ2n) is 4.14. The monoisotopic (exact) mass is 224 g/mol. The minimum atomic E-state index is -0.397. The fourth-order valence-corrected chi connectivity index (χ4v) is 1.48. The number of hydrogen-bond donors (Lipinski definition) is 1. The van der Waals surface area contributed by atoms with Crippen LogP contribution in [0.25, 0.3) is 0 Å². The SMILES string of the molecule is CCC(O)c1ccn(CCC(=O)N(C)C)c1. The highest BCUT2D eigenvalue weighted by atomic mass is 16.3. The molecule has 1 N–H and O–H groups in total. The molecule has 1 unspecified atom stereocenters. The zero-order valence-corrected chi connectivity index (χ0v) is 10.2. The summed E-state index contributed by atoms with van der Waals surface area (Å²) in [5, 5.41) is 9.62. The molecule has 4 nitrogen and oxygen atoms in total. The van der Waals surface area contributed by atoms with Gasteiger partial charge in [0.05, 0.1) is 6.10 Å². The Bertz CT molecular complexity index is 345. The fourth-order valence-electron chi connectivity index (χ4n) is 1.48. The number of carbonyl (C=O) groups is 1. The highest BCUT2D eigenvalue weighted by Crippen LogP contribution is 2.16. The van der Waals surface area contributed by atoms with E-state index < -0.39 is 6.10 Å². The lowest BCUT2D eigenvalue weighted by atomic mass is 10.1. The third kappa shape index (κ3) is 3.38. The van der Waals surface area contributed by atoms with Crippen LogP contribution in [0.1, 0.15) is 31.4 Å². The molecule has 0 fully saturated rings. The van der Waals surface area contributed by atoms with E-state index in [0.29, 0.717) is 19.4 Å². The molecule has 0 bridgehead atoms. The van der Waals surface area contributed by atoms with Crippen molar-refractivity contribution in [2.45, 2.75) is 32.4 Å². The minimum absolute atomic E-state index is 0.117. The first-order valence-electron chi connectivity index (χ1n) is 5.58. The Kier molecular flexibility index (Phi) is 4.55. The Morgan fingerprint density at radius 2 is 2.25 bits per heavy atom. The van der Waals surface area contributed by atoms with Gasteiger partial charge in [0.25, 0.3) is 0 Å². The predicted octanol–water partition coefficient (Wildman–Crippen LogP) is 1.41.